The lowest BCUT2D eigenvalue weighted by molar-refractivity contribution is 0.576. The summed E-state index contributed by atoms with van der Waals surface area (Å²) in [4.78, 5) is 4.63. The Balaban J connectivity index is 2.30. The number of piperidine rings is 1. The van der Waals surface area contributed by atoms with Gasteiger partial charge in [-0.15, -0.1) is 0 Å². The van der Waals surface area contributed by atoms with Gasteiger partial charge in [-0.2, -0.15) is 0 Å². The van der Waals surface area contributed by atoms with Crippen LogP contribution in [0.25, 0.3) is 0 Å². The third-order valence-corrected chi connectivity index (χ3v) is 3.50. The van der Waals surface area contributed by atoms with Crippen molar-refractivity contribution in [1.82, 2.24) is 0 Å². The first-order chi connectivity index (χ1) is 8.22. The zero-order chi connectivity index (χ0) is 12.3. The summed E-state index contributed by atoms with van der Waals surface area (Å²) in [6, 6.07) is 6.59. The number of rotatable bonds is 3. The zero-order valence-corrected chi connectivity index (χ0v) is 10.9. The molecule has 1 aromatic carbocycles. The largest absolute Gasteiger partial charge is 0.378 e. The lowest BCUT2D eigenvalue weighted by Gasteiger charge is -2.31. The van der Waals surface area contributed by atoms with Crippen molar-refractivity contribution in [3.8, 4) is 0 Å². The second kappa shape index (κ2) is 5.41. The van der Waals surface area contributed by atoms with Crippen LogP contribution in [0.15, 0.2) is 18.2 Å². The van der Waals surface area contributed by atoms with Crippen molar-refractivity contribution in [2.75, 3.05) is 37.0 Å². The monoisotopic (exact) mass is 233 g/mol. The maximum Gasteiger partial charge on any atom is 0.0432 e. The van der Waals surface area contributed by atoms with Crippen LogP contribution in [0, 0.1) is 0 Å². The van der Waals surface area contributed by atoms with Crippen molar-refractivity contribution in [2.24, 2.45) is 5.73 Å². The molecule has 0 radical (unpaired) electrons. The van der Waals surface area contributed by atoms with E-state index in [2.05, 4.69) is 42.1 Å². The van der Waals surface area contributed by atoms with Crippen LogP contribution in [-0.2, 0) is 6.54 Å². The lowest BCUT2D eigenvalue weighted by Crippen LogP contribution is -2.30. The molecule has 2 rings (SSSR count). The van der Waals surface area contributed by atoms with Gasteiger partial charge >= 0.3 is 0 Å². The van der Waals surface area contributed by atoms with Gasteiger partial charge in [-0.3, -0.25) is 0 Å². The van der Waals surface area contributed by atoms with Gasteiger partial charge in [0.1, 0.15) is 0 Å². The molecule has 1 aliphatic heterocycles. The molecular weight excluding hydrogens is 210 g/mol. The number of anilines is 2. The number of hydrogen-bond donors (Lipinski definition) is 1. The van der Waals surface area contributed by atoms with E-state index in [1.54, 1.807) is 0 Å². The second-order valence-electron chi connectivity index (χ2n) is 4.96. The van der Waals surface area contributed by atoms with Crippen molar-refractivity contribution < 1.29 is 0 Å². The molecule has 17 heavy (non-hydrogen) atoms. The van der Waals surface area contributed by atoms with Crippen molar-refractivity contribution in [1.29, 1.82) is 0 Å². The standard InChI is InChI=1S/C14H23N3/c1-16(2)13-7-6-12(11-15)14(10-13)17-8-4-3-5-9-17/h6-7,10H,3-5,8-9,11,15H2,1-2H3. The van der Waals surface area contributed by atoms with Crippen molar-refractivity contribution in [3.63, 3.8) is 0 Å². The van der Waals surface area contributed by atoms with Crippen LogP contribution in [0.1, 0.15) is 24.8 Å². The van der Waals surface area contributed by atoms with Gasteiger partial charge in [-0.05, 0) is 37.0 Å². The maximum absolute atomic E-state index is 5.84. The predicted octanol–water partition coefficient (Wildman–Crippen LogP) is 2.20. The Kier molecular flexibility index (Phi) is 3.89. The fourth-order valence-corrected chi connectivity index (χ4v) is 2.43. The Morgan fingerprint density at radius 3 is 2.47 bits per heavy atom. The van der Waals surface area contributed by atoms with E-state index in [-0.39, 0.29) is 0 Å². The van der Waals surface area contributed by atoms with E-state index < -0.39 is 0 Å². The molecule has 1 heterocycles. The molecule has 2 N–H and O–H groups in total. The van der Waals surface area contributed by atoms with E-state index >= 15 is 0 Å². The SMILES string of the molecule is CN(C)c1ccc(CN)c(N2CCCCC2)c1. The minimum Gasteiger partial charge on any atom is -0.378 e. The van der Waals surface area contributed by atoms with E-state index in [4.69, 9.17) is 5.73 Å². The van der Waals surface area contributed by atoms with Gasteiger partial charge in [0.15, 0.2) is 0 Å². The second-order valence-corrected chi connectivity index (χ2v) is 4.96. The molecule has 0 spiro atoms. The molecule has 0 saturated carbocycles. The molecule has 1 aromatic rings. The Hall–Kier alpha value is -1.22. The molecule has 0 amide bonds. The van der Waals surface area contributed by atoms with Gasteiger partial charge in [0.25, 0.3) is 0 Å². The summed E-state index contributed by atoms with van der Waals surface area (Å²) in [5.41, 5.74) is 9.69. The molecule has 3 nitrogen and oxygen atoms in total. The zero-order valence-electron chi connectivity index (χ0n) is 10.9. The molecule has 94 valence electrons. The van der Waals surface area contributed by atoms with E-state index in [0.29, 0.717) is 6.54 Å². The Morgan fingerprint density at radius 1 is 1.18 bits per heavy atom. The van der Waals surface area contributed by atoms with Crippen LogP contribution in [-0.4, -0.2) is 27.2 Å². The number of nitrogens with two attached hydrogens (primary N) is 1. The minimum atomic E-state index is 0.625. The predicted molar refractivity (Wildman–Crippen MR) is 74.7 cm³/mol. The average Bonchev–Trinajstić information content (AvgIpc) is 2.39. The van der Waals surface area contributed by atoms with E-state index in [0.717, 1.165) is 0 Å². The summed E-state index contributed by atoms with van der Waals surface area (Å²) >= 11 is 0. The van der Waals surface area contributed by atoms with Gasteiger partial charge in [0.05, 0.1) is 0 Å². The number of nitrogens with zero attached hydrogens (tertiary/aromatic N) is 2. The van der Waals surface area contributed by atoms with E-state index in [1.807, 2.05) is 0 Å². The van der Waals surface area contributed by atoms with Crippen LogP contribution in [0.3, 0.4) is 0 Å². The lowest BCUT2D eigenvalue weighted by atomic mass is 10.1. The van der Waals surface area contributed by atoms with Crippen molar-refractivity contribution in [3.05, 3.63) is 23.8 Å². The molecule has 0 aromatic heterocycles. The fourth-order valence-electron chi connectivity index (χ4n) is 2.43. The highest BCUT2D eigenvalue weighted by molar-refractivity contribution is 5.63. The van der Waals surface area contributed by atoms with Crippen molar-refractivity contribution >= 4 is 11.4 Å². The summed E-state index contributed by atoms with van der Waals surface area (Å²) in [5, 5.41) is 0. The summed E-state index contributed by atoms with van der Waals surface area (Å²) in [6.45, 7) is 2.97. The molecule has 1 fully saturated rings. The normalized spacial score (nSPS) is 16.1. The first kappa shape index (κ1) is 12.2. The quantitative estimate of drug-likeness (QED) is 0.868. The van der Waals surface area contributed by atoms with Crippen LogP contribution >= 0.6 is 0 Å². The Bertz CT molecular complexity index is 368. The van der Waals surface area contributed by atoms with Crippen LogP contribution < -0.4 is 15.5 Å². The first-order valence-electron chi connectivity index (χ1n) is 6.47. The molecule has 0 atom stereocenters. The molecule has 1 saturated heterocycles. The highest BCUT2D eigenvalue weighted by Crippen LogP contribution is 2.28. The number of hydrogen-bond acceptors (Lipinski definition) is 3. The highest BCUT2D eigenvalue weighted by atomic mass is 15.1. The highest BCUT2D eigenvalue weighted by Gasteiger charge is 2.14. The third-order valence-electron chi connectivity index (χ3n) is 3.50. The Labute approximate surface area is 104 Å². The van der Waals surface area contributed by atoms with Gasteiger partial charge in [-0.25, -0.2) is 0 Å². The van der Waals surface area contributed by atoms with E-state index in [1.165, 1.54) is 49.3 Å². The van der Waals surface area contributed by atoms with Gasteiger partial charge in [-0.1, -0.05) is 6.07 Å². The maximum atomic E-state index is 5.84. The first-order valence-corrected chi connectivity index (χ1v) is 6.47. The Morgan fingerprint density at radius 2 is 1.88 bits per heavy atom. The van der Waals surface area contributed by atoms with Crippen LogP contribution in [0.5, 0.6) is 0 Å². The van der Waals surface area contributed by atoms with Crippen LogP contribution in [0.2, 0.25) is 0 Å². The van der Waals surface area contributed by atoms with E-state index in [9.17, 15) is 0 Å². The smallest absolute Gasteiger partial charge is 0.0432 e. The average molecular weight is 233 g/mol. The molecule has 3 heteroatoms. The third kappa shape index (κ3) is 2.72. The summed E-state index contributed by atoms with van der Waals surface area (Å²) in [7, 11) is 4.16. The van der Waals surface area contributed by atoms with Gasteiger partial charge in [0.2, 0.25) is 0 Å². The van der Waals surface area contributed by atoms with Gasteiger partial charge < -0.3 is 15.5 Å². The van der Waals surface area contributed by atoms with Crippen LogP contribution in [0.4, 0.5) is 11.4 Å². The minimum absolute atomic E-state index is 0.625. The molecule has 0 bridgehead atoms. The molecular formula is C14H23N3. The summed E-state index contributed by atoms with van der Waals surface area (Å²) in [6.07, 6.45) is 3.97. The van der Waals surface area contributed by atoms with Crippen molar-refractivity contribution in [2.45, 2.75) is 25.8 Å². The molecule has 1 aliphatic rings. The van der Waals surface area contributed by atoms with Gasteiger partial charge in [0, 0.05) is 45.1 Å². The topological polar surface area (TPSA) is 32.5 Å². The fraction of sp³-hybridized carbons (Fsp3) is 0.571. The summed E-state index contributed by atoms with van der Waals surface area (Å²) < 4.78 is 0. The summed E-state index contributed by atoms with van der Waals surface area (Å²) in [5.74, 6) is 0. The molecule has 0 aliphatic carbocycles. The molecule has 0 unspecified atom stereocenters. The number of benzene rings is 1.